The van der Waals surface area contributed by atoms with E-state index in [1.54, 1.807) is 12.4 Å². The van der Waals surface area contributed by atoms with Crippen molar-refractivity contribution in [2.45, 2.75) is 31.9 Å². The Morgan fingerprint density at radius 3 is 2.55 bits per heavy atom. The third-order valence-electron chi connectivity index (χ3n) is 5.70. The van der Waals surface area contributed by atoms with Crippen molar-refractivity contribution < 1.29 is 14.3 Å². The average molecular weight is 396 g/mol. The van der Waals surface area contributed by atoms with Crippen LogP contribution in [-0.2, 0) is 11.3 Å². The van der Waals surface area contributed by atoms with Crippen LogP contribution in [0.4, 0.5) is 0 Å². The Morgan fingerprint density at radius 2 is 1.86 bits per heavy atom. The van der Waals surface area contributed by atoms with E-state index in [4.69, 9.17) is 9.47 Å². The number of benzene rings is 1. The molecule has 1 N–H and O–H groups in total. The molecule has 6 heteroatoms. The standard InChI is InChI=1S/C23H29N3O3/c27-23(25-15-18-5-10-24-11-6-18)20-1-3-21(4-2-20)29-22-7-12-26(13-8-22)16-19-9-14-28-17-19/h1-6,10-11,19,22H,7-9,12-17H2,(H,25,27)/t19-/m1/s1. The lowest BCUT2D eigenvalue weighted by Crippen LogP contribution is -2.40. The van der Waals surface area contributed by atoms with E-state index in [0.717, 1.165) is 57.0 Å². The summed E-state index contributed by atoms with van der Waals surface area (Å²) in [6.07, 6.45) is 6.97. The number of likely N-dealkylation sites (tertiary alicyclic amines) is 1. The minimum atomic E-state index is -0.0856. The summed E-state index contributed by atoms with van der Waals surface area (Å²) in [6.45, 7) is 5.63. The molecule has 0 bridgehead atoms. The predicted molar refractivity (Wildman–Crippen MR) is 111 cm³/mol. The van der Waals surface area contributed by atoms with Gasteiger partial charge in [0.2, 0.25) is 0 Å². The summed E-state index contributed by atoms with van der Waals surface area (Å²) >= 11 is 0. The highest BCUT2D eigenvalue weighted by atomic mass is 16.5. The number of nitrogens with one attached hydrogen (secondary N) is 1. The molecule has 0 unspecified atom stereocenters. The molecule has 154 valence electrons. The van der Waals surface area contributed by atoms with Crippen molar-refractivity contribution in [3.8, 4) is 5.75 Å². The number of hydrogen-bond donors (Lipinski definition) is 1. The lowest BCUT2D eigenvalue weighted by atomic mass is 10.0. The first-order valence-corrected chi connectivity index (χ1v) is 10.5. The van der Waals surface area contributed by atoms with Gasteiger partial charge in [0.25, 0.3) is 5.91 Å². The topological polar surface area (TPSA) is 63.7 Å². The number of nitrogens with zero attached hydrogens (tertiary/aromatic N) is 2. The molecule has 2 aliphatic heterocycles. The molecule has 3 heterocycles. The van der Waals surface area contributed by atoms with Gasteiger partial charge in [-0.05, 0) is 67.1 Å². The Balaban J connectivity index is 1.21. The van der Waals surface area contributed by atoms with Crippen LogP contribution in [0, 0.1) is 5.92 Å². The monoisotopic (exact) mass is 395 g/mol. The Labute approximate surface area is 172 Å². The quantitative estimate of drug-likeness (QED) is 0.781. The van der Waals surface area contributed by atoms with Gasteiger partial charge in [-0.25, -0.2) is 0 Å². The van der Waals surface area contributed by atoms with Gasteiger partial charge in [-0.3, -0.25) is 9.78 Å². The average Bonchev–Trinajstić information content (AvgIpc) is 3.28. The molecule has 29 heavy (non-hydrogen) atoms. The number of aromatic nitrogens is 1. The smallest absolute Gasteiger partial charge is 0.251 e. The van der Waals surface area contributed by atoms with Gasteiger partial charge in [-0.15, -0.1) is 0 Å². The van der Waals surface area contributed by atoms with Gasteiger partial charge in [0.05, 0.1) is 6.61 Å². The highest BCUT2D eigenvalue weighted by molar-refractivity contribution is 5.94. The predicted octanol–water partition coefficient (Wildman–Crippen LogP) is 2.89. The molecular weight excluding hydrogens is 366 g/mol. The lowest BCUT2D eigenvalue weighted by Gasteiger charge is -2.33. The molecule has 0 radical (unpaired) electrons. The Hall–Kier alpha value is -2.44. The maximum Gasteiger partial charge on any atom is 0.251 e. The molecule has 6 nitrogen and oxygen atoms in total. The molecule has 1 aromatic heterocycles. The summed E-state index contributed by atoms with van der Waals surface area (Å²) in [5.74, 6) is 1.45. The fraction of sp³-hybridized carbons (Fsp3) is 0.478. The van der Waals surface area contributed by atoms with Crippen molar-refractivity contribution in [3.63, 3.8) is 0 Å². The van der Waals surface area contributed by atoms with Gasteiger partial charge in [0, 0.05) is 50.7 Å². The summed E-state index contributed by atoms with van der Waals surface area (Å²) < 4.78 is 11.6. The van der Waals surface area contributed by atoms with Crippen molar-refractivity contribution in [2.24, 2.45) is 5.92 Å². The van der Waals surface area contributed by atoms with Gasteiger partial charge in [0.15, 0.2) is 0 Å². The second-order valence-corrected chi connectivity index (χ2v) is 7.91. The van der Waals surface area contributed by atoms with Crippen LogP contribution in [0.25, 0.3) is 0 Å². The minimum Gasteiger partial charge on any atom is -0.490 e. The molecule has 1 amide bonds. The van der Waals surface area contributed by atoms with Crippen molar-refractivity contribution in [3.05, 3.63) is 59.9 Å². The third-order valence-corrected chi connectivity index (χ3v) is 5.70. The number of piperidine rings is 1. The van der Waals surface area contributed by atoms with Crippen LogP contribution < -0.4 is 10.1 Å². The number of carbonyl (C=O) groups excluding carboxylic acids is 1. The zero-order chi connectivity index (χ0) is 19.9. The third kappa shape index (κ3) is 5.78. The van der Waals surface area contributed by atoms with Crippen LogP contribution in [0.15, 0.2) is 48.8 Å². The summed E-state index contributed by atoms with van der Waals surface area (Å²) in [4.78, 5) is 18.8. The molecule has 1 atom stereocenters. The fourth-order valence-corrected chi connectivity index (χ4v) is 3.96. The van der Waals surface area contributed by atoms with Crippen molar-refractivity contribution in [2.75, 3.05) is 32.8 Å². The van der Waals surface area contributed by atoms with E-state index < -0.39 is 0 Å². The normalized spacial score (nSPS) is 20.5. The summed E-state index contributed by atoms with van der Waals surface area (Å²) in [6, 6.07) is 11.2. The molecule has 2 fully saturated rings. The van der Waals surface area contributed by atoms with E-state index >= 15 is 0 Å². The SMILES string of the molecule is O=C(NCc1ccncc1)c1ccc(OC2CCN(C[C@H]3CCOC3)CC2)cc1. The zero-order valence-corrected chi connectivity index (χ0v) is 16.8. The second kappa shape index (κ2) is 9.85. The van der Waals surface area contributed by atoms with Crippen molar-refractivity contribution in [1.29, 1.82) is 0 Å². The second-order valence-electron chi connectivity index (χ2n) is 7.91. The van der Waals surface area contributed by atoms with Crippen LogP contribution in [0.2, 0.25) is 0 Å². The highest BCUT2D eigenvalue weighted by Gasteiger charge is 2.24. The van der Waals surface area contributed by atoms with Gasteiger partial charge >= 0.3 is 0 Å². The highest BCUT2D eigenvalue weighted by Crippen LogP contribution is 2.22. The molecule has 1 aromatic carbocycles. The van der Waals surface area contributed by atoms with Crippen molar-refractivity contribution >= 4 is 5.91 Å². The largest absolute Gasteiger partial charge is 0.490 e. The van der Waals surface area contributed by atoms with E-state index in [-0.39, 0.29) is 12.0 Å². The van der Waals surface area contributed by atoms with Crippen LogP contribution >= 0.6 is 0 Å². The Bertz CT molecular complexity index is 768. The van der Waals surface area contributed by atoms with E-state index in [9.17, 15) is 4.79 Å². The summed E-state index contributed by atoms with van der Waals surface area (Å²) in [7, 11) is 0. The molecular formula is C23H29N3O3. The first-order valence-electron chi connectivity index (χ1n) is 10.5. The van der Waals surface area contributed by atoms with Crippen LogP contribution in [-0.4, -0.2) is 54.7 Å². The van der Waals surface area contributed by atoms with Gasteiger partial charge in [-0.2, -0.15) is 0 Å². The first-order chi connectivity index (χ1) is 14.3. The number of ether oxygens (including phenoxy) is 2. The van der Waals surface area contributed by atoms with E-state index in [0.29, 0.717) is 18.0 Å². The van der Waals surface area contributed by atoms with Crippen molar-refractivity contribution in [1.82, 2.24) is 15.2 Å². The van der Waals surface area contributed by atoms with Gasteiger partial charge in [0.1, 0.15) is 11.9 Å². The molecule has 2 aromatic rings. The molecule has 0 aliphatic carbocycles. The number of amides is 1. The van der Waals surface area contributed by atoms with Crippen LogP contribution in [0.3, 0.4) is 0 Å². The minimum absolute atomic E-state index is 0.0856. The Morgan fingerprint density at radius 1 is 1.10 bits per heavy atom. The maximum absolute atomic E-state index is 12.3. The molecule has 4 rings (SSSR count). The van der Waals surface area contributed by atoms with E-state index in [1.165, 1.54) is 6.42 Å². The molecule has 2 saturated heterocycles. The number of hydrogen-bond acceptors (Lipinski definition) is 5. The van der Waals surface area contributed by atoms with Crippen LogP contribution in [0.1, 0.15) is 35.2 Å². The lowest BCUT2D eigenvalue weighted by molar-refractivity contribution is 0.0880. The van der Waals surface area contributed by atoms with E-state index in [1.807, 2.05) is 36.4 Å². The first kappa shape index (κ1) is 19.9. The van der Waals surface area contributed by atoms with Crippen LogP contribution in [0.5, 0.6) is 5.75 Å². The summed E-state index contributed by atoms with van der Waals surface area (Å²) in [5.41, 5.74) is 1.67. The fourth-order valence-electron chi connectivity index (χ4n) is 3.96. The number of carbonyl (C=O) groups is 1. The molecule has 2 aliphatic rings. The van der Waals surface area contributed by atoms with E-state index in [2.05, 4.69) is 15.2 Å². The molecule has 0 saturated carbocycles. The molecule has 0 spiro atoms. The van der Waals surface area contributed by atoms with Gasteiger partial charge in [-0.1, -0.05) is 0 Å². The van der Waals surface area contributed by atoms with Gasteiger partial charge < -0.3 is 19.7 Å². The maximum atomic E-state index is 12.3. The Kier molecular flexibility index (Phi) is 6.75. The zero-order valence-electron chi connectivity index (χ0n) is 16.8. The summed E-state index contributed by atoms with van der Waals surface area (Å²) in [5, 5.41) is 2.93. The number of rotatable bonds is 7. The number of pyridine rings is 1.